The minimum Gasteiger partial charge on any atom is -0.493 e. The molecule has 0 aliphatic carbocycles. The van der Waals surface area contributed by atoms with E-state index in [1.54, 1.807) is 11.3 Å². The van der Waals surface area contributed by atoms with E-state index in [-0.39, 0.29) is 0 Å². The molecule has 0 bridgehead atoms. The average Bonchev–Trinajstić information content (AvgIpc) is 2.84. The molecule has 2 rings (SSSR count). The van der Waals surface area contributed by atoms with Gasteiger partial charge in [0.1, 0.15) is 5.75 Å². The zero-order valence-corrected chi connectivity index (χ0v) is 12.3. The summed E-state index contributed by atoms with van der Waals surface area (Å²) in [5.74, 6) is 1.36. The van der Waals surface area contributed by atoms with E-state index in [9.17, 15) is 0 Å². The topological polar surface area (TPSA) is 9.23 Å². The molecule has 0 atom stereocenters. The van der Waals surface area contributed by atoms with Crippen LogP contribution >= 0.6 is 38.9 Å². The molecule has 2 aromatic rings. The van der Waals surface area contributed by atoms with Gasteiger partial charge >= 0.3 is 0 Å². The van der Waals surface area contributed by atoms with Gasteiger partial charge in [-0.15, -0.1) is 11.6 Å². The van der Waals surface area contributed by atoms with Crippen molar-refractivity contribution in [3.63, 3.8) is 0 Å². The molecular formula is C13H12BrClOS. The SMILES string of the molecule is ClCc1cc(OCCc2ccsc2)ccc1Br. The first-order valence-corrected chi connectivity index (χ1v) is 7.55. The molecule has 0 unspecified atom stereocenters. The van der Waals surface area contributed by atoms with Gasteiger partial charge in [-0.1, -0.05) is 15.9 Å². The Morgan fingerprint density at radius 2 is 2.18 bits per heavy atom. The molecule has 0 saturated heterocycles. The fourth-order valence-corrected chi connectivity index (χ4v) is 2.94. The number of ether oxygens (including phenoxy) is 1. The fourth-order valence-electron chi connectivity index (χ4n) is 1.46. The third-order valence-corrected chi connectivity index (χ3v) is 4.19. The van der Waals surface area contributed by atoms with Crippen LogP contribution in [0.4, 0.5) is 0 Å². The maximum atomic E-state index is 5.84. The van der Waals surface area contributed by atoms with Crippen LogP contribution in [0.25, 0.3) is 0 Å². The van der Waals surface area contributed by atoms with Gasteiger partial charge in [-0.2, -0.15) is 11.3 Å². The summed E-state index contributed by atoms with van der Waals surface area (Å²) in [6.07, 6.45) is 0.940. The molecule has 0 aliphatic heterocycles. The van der Waals surface area contributed by atoms with E-state index < -0.39 is 0 Å². The maximum absolute atomic E-state index is 5.84. The van der Waals surface area contributed by atoms with Crippen LogP contribution < -0.4 is 4.74 Å². The van der Waals surface area contributed by atoms with E-state index in [0.29, 0.717) is 12.5 Å². The van der Waals surface area contributed by atoms with Gasteiger partial charge in [0.05, 0.1) is 6.61 Å². The third-order valence-electron chi connectivity index (χ3n) is 2.40. The van der Waals surface area contributed by atoms with Crippen molar-refractivity contribution in [1.29, 1.82) is 0 Å². The lowest BCUT2D eigenvalue weighted by molar-refractivity contribution is 0.322. The number of rotatable bonds is 5. The Balaban J connectivity index is 1.90. The van der Waals surface area contributed by atoms with Crippen molar-refractivity contribution >= 4 is 38.9 Å². The Morgan fingerprint density at radius 3 is 2.88 bits per heavy atom. The Hall–Kier alpha value is -0.510. The minimum atomic E-state index is 0.488. The highest BCUT2D eigenvalue weighted by Gasteiger charge is 2.01. The Morgan fingerprint density at radius 1 is 1.29 bits per heavy atom. The standard InChI is InChI=1S/C13H12BrClOS/c14-13-2-1-12(7-11(13)8-15)16-5-3-10-4-6-17-9-10/h1-2,4,6-7,9H,3,5,8H2. The second-order valence-electron chi connectivity index (χ2n) is 3.62. The van der Waals surface area contributed by atoms with Gasteiger partial charge in [-0.25, -0.2) is 0 Å². The van der Waals surface area contributed by atoms with E-state index in [0.717, 1.165) is 22.2 Å². The molecule has 90 valence electrons. The van der Waals surface area contributed by atoms with Crippen LogP contribution in [0, 0.1) is 0 Å². The highest BCUT2D eigenvalue weighted by Crippen LogP contribution is 2.24. The lowest BCUT2D eigenvalue weighted by Gasteiger charge is -2.07. The Labute approximate surface area is 119 Å². The van der Waals surface area contributed by atoms with Crippen molar-refractivity contribution in [2.24, 2.45) is 0 Å². The maximum Gasteiger partial charge on any atom is 0.119 e. The second-order valence-corrected chi connectivity index (χ2v) is 5.52. The summed E-state index contributed by atoms with van der Waals surface area (Å²) < 4.78 is 6.73. The summed E-state index contributed by atoms with van der Waals surface area (Å²) in [6.45, 7) is 0.695. The van der Waals surface area contributed by atoms with Crippen LogP contribution in [0.3, 0.4) is 0 Å². The second kappa shape index (κ2) is 6.43. The molecule has 0 amide bonds. The molecule has 1 heterocycles. The Bertz CT molecular complexity index is 470. The van der Waals surface area contributed by atoms with E-state index in [2.05, 4.69) is 32.8 Å². The number of hydrogen-bond acceptors (Lipinski definition) is 2. The molecular weight excluding hydrogens is 320 g/mol. The zero-order valence-electron chi connectivity index (χ0n) is 9.16. The monoisotopic (exact) mass is 330 g/mol. The lowest BCUT2D eigenvalue weighted by Crippen LogP contribution is -2.00. The lowest BCUT2D eigenvalue weighted by atomic mass is 10.2. The molecule has 0 fully saturated rings. The third kappa shape index (κ3) is 3.73. The van der Waals surface area contributed by atoms with Gasteiger partial charge in [0, 0.05) is 16.8 Å². The first-order valence-electron chi connectivity index (χ1n) is 5.28. The van der Waals surface area contributed by atoms with Crippen LogP contribution in [0.1, 0.15) is 11.1 Å². The summed E-state index contributed by atoms with van der Waals surface area (Å²) in [4.78, 5) is 0. The predicted octanol–water partition coefficient (Wildman–Crippen LogP) is 4.87. The zero-order chi connectivity index (χ0) is 12.1. The van der Waals surface area contributed by atoms with Crippen molar-refractivity contribution in [3.8, 4) is 5.75 Å². The van der Waals surface area contributed by atoms with Gasteiger partial charge in [0.25, 0.3) is 0 Å². The molecule has 1 nitrogen and oxygen atoms in total. The Kier molecular flexibility index (Phi) is 4.89. The molecule has 0 saturated carbocycles. The van der Waals surface area contributed by atoms with Gasteiger partial charge in [-0.05, 0) is 46.2 Å². The summed E-state index contributed by atoms with van der Waals surface area (Å²) >= 11 is 11.0. The van der Waals surface area contributed by atoms with Crippen molar-refractivity contribution < 1.29 is 4.74 Å². The molecule has 4 heteroatoms. The number of alkyl halides is 1. The fraction of sp³-hybridized carbons (Fsp3) is 0.231. The molecule has 1 aromatic carbocycles. The van der Waals surface area contributed by atoms with Crippen molar-refractivity contribution in [3.05, 3.63) is 50.6 Å². The predicted molar refractivity (Wildman–Crippen MR) is 77.2 cm³/mol. The van der Waals surface area contributed by atoms with E-state index in [1.165, 1.54) is 5.56 Å². The van der Waals surface area contributed by atoms with Crippen LogP contribution in [-0.2, 0) is 12.3 Å². The molecule has 1 aromatic heterocycles. The van der Waals surface area contributed by atoms with Gasteiger partial charge in [0.15, 0.2) is 0 Å². The van der Waals surface area contributed by atoms with Gasteiger partial charge in [0.2, 0.25) is 0 Å². The first kappa shape index (κ1) is 12.9. The van der Waals surface area contributed by atoms with Crippen molar-refractivity contribution in [2.45, 2.75) is 12.3 Å². The normalized spacial score (nSPS) is 10.5. The van der Waals surface area contributed by atoms with Gasteiger partial charge < -0.3 is 4.74 Å². The van der Waals surface area contributed by atoms with Crippen LogP contribution in [0.2, 0.25) is 0 Å². The largest absolute Gasteiger partial charge is 0.493 e. The molecule has 0 radical (unpaired) electrons. The number of halogens is 2. The molecule has 0 N–H and O–H groups in total. The smallest absolute Gasteiger partial charge is 0.119 e. The average molecular weight is 332 g/mol. The van der Waals surface area contributed by atoms with Crippen LogP contribution in [0.15, 0.2) is 39.5 Å². The first-order chi connectivity index (χ1) is 8.29. The van der Waals surface area contributed by atoms with E-state index >= 15 is 0 Å². The van der Waals surface area contributed by atoms with Crippen molar-refractivity contribution in [2.75, 3.05) is 6.61 Å². The quantitative estimate of drug-likeness (QED) is 0.710. The molecule has 0 spiro atoms. The number of benzene rings is 1. The summed E-state index contributed by atoms with van der Waals surface area (Å²) in [7, 11) is 0. The van der Waals surface area contributed by atoms with E-state index in [4.69, 9.17) is 16.3 Å². The van der Waals surface area contributed by atoms with Crippen molar-refractivity contribution in [1.82, 2.24) is 0 Å². The molecule has 0 aliphatic rings. The highest BCUT2D eigenvalue weighted by atomic mass is 79.9. The van der Waals surface area contributed by atoms with Crippen LogP contribution in [-0.4, -0.2) is 6.61 Å². The molecule has 17 heavy (non-hydrogen) atoms. The van der Waals surface area contributed by atoms with Crippen LogP contribution in [0.5, 0.6) is 5.75 Å². The van der Waals surface area contributed by atoms with Gasteiger partial charge in [-0.3, -0.25) is 0 Å². The highest BCUT2D eigenvalue weighted by molar-refractivity contribution is 9.10. The summed E-state index contributed by atoms with van der Waals surface area (Å²) in [5, 5.41) is 4.23. The summed E-state index contributed by atoms with van der Waals surface area (Å²) in [6, 6.07) is 8.02. The minimum absolute atomic E-state index is 0.488. The number of hydrogen-bond donors (Lipinski definition) is 0. The summed E-state index contributed by atoms with van der Waals surface area (Å²) in [5.41, 5.74) is 2.38. The van der Waals surface area contributed by atoms with E-state index in [1.807, 2.05) is 18.2 Å². The number of thiophene rings is 1.